The number of nitro benzene ring substituents is 1. The molecule has 0 radical (unpaired) electrons. The number of aromatic amines is 1. The lowest BCUT2D eigenvalue weighted by molar-refractivity contribution is -0.385. The van der Waals surface area contributed by atoms with Gasteiger partial charge in [-0.1, -0.05) is 0 Å². The molecule has 0 aliphatic carbocycles. The normalized spacial score (nSPS) is 10.9. The van der Waals surface area contributed by atoms with Gasteiger partial charge in [0.25, 0.3) is 5.69 Å². The minimum Gasteiger partial charge on any atom is -0.493 e. The average Bonchev–Trinajstić information content (AvgIpc) is 3.04. The minimum absolute atomic E-state index is 0.148. The van der Waals surface area contributed by atoms with E-state index in [0.717, 1.165) is 0 Å². The number of benzene rings is 1. The first-order valence-corrected chi connectivity index (χ1v) is 6.26. The lowest BCUT2D eigenvalue weighted by Gasteiger charge is -2.10. The van der Waals surface area contributed by atoms with E-state index in [4.69, 9.17) is 9.47 Å². The molecule has 2 rings (SSSR count). The van der Waals surface area contributed by atoms with Crippen molar-refractivity contribution in [3.05, 3.63) is 51.8 Å². The standard InChI is InChI=1S/C15H13N3O4/c1-21-14-7-12(13(18(19)20)8-15(14)22-2)10(9-16)6-11-4-3-5-17-11/h3-8,17H,1-2H3. The molecule has 112 valence electrons. The third-order valence-electron chi connectivity index (χ3n) is 3.03. The lowest BCUT2D eigenvalue weighted by Crippen LogP contribution is -1.98. The topological polar surface area (TPSA) is 101 Å². The number of rotatable bonds is 5. The summed E-state index contributed by atoms with van der Waals surface area (Å²) >= 11 is 0. The number of nitro groups is 1. The molecule has 1 aromatic carbocycles. The molecule has 1 heterocycles. The fraction of sp³-hybridized carbons (Fsp3) is 0.133. The molecule has 0 saturated heterocycles. The Balaban J connectivity index is 2.66. The second-order valence-electron chi connectivity index (χ2n) is 4.28. The molecule has 1 aromatic heterocycles. The number of ether oxygens (including phenoxy) is 2. The number of nitriles is 1. The van der Waals surface area contributed by atoms with Crippen LogP contribution in [0, 0.1) is 21.4 Å². The summed E-state index contributed by atoms with van der Waals surface area (Å²) in [5, 5.41) is 20.6. The fourth-order valence-corrected chi connectivity index (χ4v) is 1.99. The number of hydrogen-bond acceptors (Lipinski definition) is 5. The van der Waals surface area contributed by atoms with Gasteiger partial charge in [-0.15, -0.1) is 0 Å². The van der Waals surface area contributed by atoms with Crippen LogP contribution in [0.1, 0.15) is 11.3 Å². The molecule has 0 atom stereocenters. The quantitative estimate of drug-likeness (QED) is 0.519. The third kappa shape index (κ3) is 2.91. The Bertz CT molecular complexity index is 758. The van der Waals surface area contributed by atoms with Crippen LogP contribution in [0.2, 0.25) is 0 Å². The molecule has 0 bridgehead atoms. The maximum Gasteiger partial charge on any atom is 0.281 e. The van der Waals surface area contributed by atoms with Crippen molar-refractivity contribution in [1.82, 2.24) is 4.98 Å². The van der Waals surface area contributed by atoms with E-state index in [-0.39, 0.29) is 22.6 Å². The molecular formula is C15H13N3O4. The van der Waals surface area contributed by atoms with Gasteiger partial charge in [0.15, 0.2) is 11.5 Å². The summed E-state index contributed by atoms with van der Waals surface area (Å²) in [5.41, 5.74) is 0.757. The molecule has 1 N–H and O–H groups in total. The molecule has 22 heavy (non-hydrogen) atoms. The van der Waals surface area contributed by atoms with Crippen LogP contribution in [-0.2, 0) is 0 Å². The maximum atomic E-state index is 11.3. The van der Waals surface area contributed by atoms with Gasteiger partial charge in [0.2, 0.25) is 0 Å². The SMILES string of the molecule is COc1cc(C(C#N)=Cc2ccc[nH]2)c([N+](=O)[O-])cc1OC. The summed E-state index contributed by atoms with van der Waals surface area (Å²) in [6.45, 7) is 0. The number of aromatic nitrogens is 1. The Morgan fingerprint density at radius 1 is 1.36 bits per heavy atom. The first kappa shape index (κ1) is 15.1. The molecule has 0 unspecified atom stereocenters. The highest BCUT2D eigenvalue weighted by molar-refractivity contribution is 5.93. The van der Waals surface area contributed by atoms with Crippen LogP contribution in [0.5, 0.6) is 11.5 Å². The van der Waals surface area contributed by atoms with Gasteiger partial charge in [0, 0.05) is 11.9 Å². The molecule has 2 aromatic rings. The van der Waals surface area contributed by atoms with Crippen LogP contribution in [0.4, 0.5) is 5.69 Å². The molecule has 0 aliphatic rings. The summed E-state index contributed by atoms with van der Waals surface area (Å²) in [7, 11) is 2.81. The summed E-state index contributed by atoms with van der Waals surface area (Å²) in [6.07, 6.45) is 3.23. The Morgan fingerprint density at radius 3 is 2.55 bits per heavy atom. The second-order valence-corrected chi connectivity index (χ2v) is 4.28. The highest BCUT2D eigenvalue weighted by Crippen LogP contribution is 2.37. The average molecular weight is 299 g/mol. The van der Waals surface area contributed by atoms with Crippen molar-refractivity contribution in [1.29, 1.82) is 5.26 Å². The van der Waals surface area contributed by atoms with Crippen LogP contribution in [0.15, 0.2) is 30.5 Å². The van der Waals surface area contributed by atoms with E-state index in [1.54, 1.807) is 18.3 Å². The number of allylic oxidation sites excluding steroid dienone is 1. The zero-order valence-electron chi connectivity index (χ0n) is 12.0. The van der Waals surface area contributed by atoms with Gasteiger partial charge in [0.1, 0.15) is 6.07 Å². The summed E-state index contributed by atoms with van der Waals surface area (Å²) < 4.78 is 10.2. The molecule has 0 saturated carbocycles. The van der Waals surface area contributed by atoms with Crippen molar-refractivity contribution in [2.75, 3.05) is 14.2 Å². The molecule has 0 amide bonds. The number of methoxy groups -OCH3 is 2. The van der Waals surface area contributed by atoms with Gasteiger partial charge in [-0.05, 0) is 24.3 Å². The number of nitrogens with one attached hydrogen (secondary N) is 1. The van der Waals surface area contributed by atoms with E-state index < -0.39 is 4.92 Å². The van der Waals surface area contributed by atoms with Crippen LogP contribution < -0.4 is 9.47 Å². The zero-order chi connectivity index (χ0) is 16.1. The minimum atomic E-state index is -0.558. The molecule has 7 heteroatoms. The monoisotopic (exact) mass is 299 g/mol. The molecular weight excluding hydrogens is 286 g/mol. The van der Waals surface area contributed by atoms with Gasteiger partial charge in [0.05, 0.1) is 36.3 Å². The third-order valence-corrected chi connectivity index (χ3v) is 3.03. The van der Waals surface area contributed by atoms with E-state index in [2.05, 4.69) is 4.98 Å². The van der Waals surface area contributed by atoms with Crippen molar-refractivity contribution < 1.29 is 14.4 Å². The Hall–Kier alpha value is -3.27. The largest absolute Gasteiger partial charge is 0.493 e. The van der Waals surface area contributed by atoms with Gasteiger partial charge in [-0.3, -0.25) is 10.1 Å². The van der Waals surface area contributed by atoms with Crippen molar-refractivity contribution in [2.45, 2.75) is 0 Å². The van der Waals surface area contributed by atoms with E-state index >= 15 is 0 Å². The predicted molar refractivity (Wildman–Crippen MR) is 80.5 cm³/mol. The Labute approximate surface area is 126 Å². The number of hydrogen-bond donors (Lipinski definition) is 1. The van der Waals surface area contributed by atoms with Crippen molar-refractivity contribution >= 4 is 17.3 Å². The highest BCUT2D eigenvalue weighted by atomic mass is 16.6. The van der Waals surface area contributed by atoms with Crippen LogP contribution in [0.25, 0.3) is 11.6 Å². The van der Waals surface area contributed by atoms with Gasteiger partial charge >= 0.3 is 0 Å². The van der Waals surface area contributed by atoms with Crippen LogP contribution in [0.3, 0.4) is 0 Å². The molecule has 0 aliphatic heterocycles. The van der Waals surface area contributed by atoms with Crippen LogP contribution in [-0.4, -0.2) is 24.1 Å². The Morgan fingerprint density at radius 2 is 2.05 bits per heavy atom. The predicted octanol–water partition coefficient (Wildman–Crippen LogP) is 3.00. The number of nitrogens with zero attached hydrogens (tertiary/aromatic N) is 2. The Kier molecular flexibility index (Phi) is 4.44. The van der Waals surface area contributed by atoms with E-state index in [1.807, 2.05) is 6.07 Å². The molecule has 7 nitrogen and oxygen atoms in total. The van der Waals surface area contributed by atoms with Gasteiger partial charge in [-0.25, -0.2) is 0 Å². The first-order valence-electron chi connectivity index (χ1n) is 6.26. The van der Waals surface area contributed by atoms with Gasteiger partial charge in [-0.2, -0.15) is 5.26 Å². The van der Waals surface area contributed by atoms with E-state index in [9.17, 15) is 15.4 Å². The summed E-state index contributed by atoms with van der Waals surface area (Å²) in [6, 6.07) is 8.17. The summed E-state index contributed by atoms with van der Waals surface area (Å²) in [5.74, 6) is 0.547. The van der Waals surface area contributed by atoms with E-state index in [0.29, 0.717) is 11.4 Å². The van der Waals surface area contributed by atoms with E-state index in [1.165, 1.54) is 32.4 Å². The van der Waals surface area contributed by atoms with Crippen molar-refractivity contribution in [2.24, 2.45) is 0 Å². The molecule has 0 spiro atoms. The zero-order valence-corrected chi connectivity index (χ0v) is 12.0. The van der Waals surface area contributed by atoms with Crippen molar-refractivity contribution in [3.8, 4) is 17.6 Å². The summed E-state index contributed by atoms with van der Waals surface area (Å²) in [4.78, 5) is 13.6. The lowest BCUT2D eigenvalue weighted by atomic mass is 10.0. The highest BCUT2D eigenvalue weighted by Gasteiger charge is 2.22. The van der Waals surface area contributed by atoms with Gasteiger partial charge < -0.3 is 14.5 Å². The molecule has 0 fully saturated rings. The first-order chi connectivity index (χ1) is 10.6. The van der Waals surface area contributed by atoms with Crippen LogP contribution >= 0.6 is 0 Å². The number of H-pyrrole nitrogens is 1. The smallest absolute Gasteiger partial charge is 0.281 e. The van der Waals surface area contributed by atoms with Crippen molar-refractivity contribution in [3.63, 3.8) is 0 Å². The fourth-order valence-electron chi connectivity index (χ4n) is 1.99. The maximum absolute atomic E-state index is 11.3. The second kappa shape index (κ2) is 6.45.